The molecular formula is C14H20ClFN2. The van der Waals surface area contributed by atoms with E-state index in [2.05, 4.69) is 24.1 Å². The second-order valence-corrected chi connectivity index (χ2v) is 5.40. The van der Waals surface area contributed by atoms with Crippen molar-refractivity contribution in [2.45, 2.75) is 26.3 Å². The van der Waals surface area contributed by atoms with Gasteiger partial charge in [-0.1, -0.05) is 31.9 Å². The van der Waals surface area contributed by atoms with Gasteiger partial charge in [-0.15, -0.1) is 0 Å². The average molecular weight is 271 g/mol. The van der Waals surface area contributed by atoms with Gasteiger partial charge in [0.25, 0.3) is 0 Å². The van der Waals surface area contributed by atoms with Gasteiger partial charge in [0.1, 0.15) is 5.82 Å². The minimum absolute atomic E-state index is 0.200. The molecule has 1 aliphatic rings. The molecule has 1 saturated heterocycles. The van der Waals surface area contributed by atoms with Crippen molar-refractivity contribution < 1.29 is 4.39 Å². The summed E-state index contributed by atoms with van der Waals surface area (Å²) in [4.78, 5) is 2.28. The molecule has 2 rings (SSSR count). The number of anilines is 1. The standard InChI is InChI=1S/C14H20ClFN2/c1-3-10(2)14-9-18(7-6-17-14)11-4-5-13(16)12(15)8-11/h4-5,8,10,14,17H,3,6-7,9H2,1-2H3. The summed E-state index contributed by atoms with van der Waals surface area (Å²) in [5.41, 5.74) is 1.01. The van der Waals surface area contributed by atoms with Crippen LogP contribution in [0.25, 0.3) is 0 Å². The minimum atomic E-state index is -0.353. The van der Waals surface area contributed by atoms with Crippen LogP contribution < -0.4 is 10.2 Å². The summed E-state index contributed by atoms with van der Waals surface area (Å²) < 4.78 is 13.2. The fraction of sp³-hybridized carbons (Fsp3) is 0.571. The second-order valence-electron chi connectivity index (χ2n) is 4.99. The lowest BCUT2D eigenvalue weighted by molar-refractivity contribution is 0.342. The Morgan fingerprint density at radius 3 is 3.00 bits per heavy atom. The molecule has 0 spiro atoms. The molecule has 0 radical (unpaired) electrons. The van der Waals surface area contributed by atoms with Crippen molar-refractivity contribution in [1.82, 2.24) is 5.32 Å². The highest BCUT2D eigenvalue weighted by Crippen LogP contribution is 2.24. The minimum Gasteiger partial charge on any atom is -0.369 e. The number of nitrogens with one attached hydrogen (secondary N) is 1. The van der Waals surface area contributed by atoms with E-state index in [1.54, 1.807) is 12.1 Å². The lowest BCUT2D eigenvalue weighted by Crippen LogP contribution is -2.53. The molecule has 2 unspecified atom stereocenters. The van der Waals surface area contributed by atoms with E-state index in [0.717, 1.165) is 31.7 Å². The van der Waals surface area contributed by atoms with Gasteiger partial charge in [-0.2, -0.15) is 0 Å². The van der Waals surface area contributed by atoms with Crippen LogP contribution in [0.3, 0.4) is 0 Å². The fourth-order valence-electron chi connectivity index (χ4n) is 2.36. The first-order valence-corrected chi connectivity index (χ1v) is 6.93. The smallest absolute Gasteiger partial charge is 0.141 e. The van der Waals surface area contributed by atoms with Gasteiger partial charge in [0.05, 0.1) is 5.02 Å². The molecule has 1 heterocycles. The van der Waals surface area contributed by atoms with Crippen molar-refractivity contribution in [3.63, 3.8) is 0 Å². The molecule has 2 nitrogen and oxygen atoms in total. The Labute approximate surface area is 113 Å². The summed E-state index contributed by atoms with van der Waals surface area (Å²) in [6.45, 7) is 7.33. The summed E-state index contributed by atoms with van der Waals surface area (Å²) in [5.74, 6) is 0.290. The van der Waals surface area contributed by atoms with E-state index >= 15 is 0 Å². The first-order valence-electron chi connectivity index (χ1n) is 6.55. The summed E-state index contributed by atoms with van der Waals surface area (Å²) >= 11 is 5.84. The molecule has 0 bridgehead atoms. The lowest BCUT2D eigenvalue weighted by Gasteiger charge is -2.38. The van der Waals surface area contributed by atoms with Crippen molar-refractivity contribution >= 4 is 17.3 Å². The molecule has 0 aliphatic carbocycles. The third kappa shape index (κ3) is 2.96. The van der Waals surface area contributed by atoms with Crippen LogP contribution in [-0.4, -0.2) is 25.7 Å². The Hall–Kier alpha value is -0.800. The maximum Gasteiger partial charge on any atom is 0.141 e. The third-order valence-corrected chi connectivity index (χ3v) is 4.09. The normalized spacial score (nSPS) is 22.0. The van der Waals surface area contributed by atoms with Gasteiger partial charge in [0, 0.05) is 31.4 Å². The molecule has 0 aromatic heterocycles. The maximum atomic E-state index is 13.2. The summed E-state index contributed by atoms with van der Waals surface area (Å²) in [6, 6.07) is 5.46. The van der Waals surface area contributed by atoms with E-state index in [9.17, 15) is 4.39 Å². The molecule has 1 aromatic carbocycles. The molecule has 1 fully saturated rings. The van der Waals surface area contributed by atoms with Gasteiger partial charge in [-0.05, 0) is 24.1 Å². The Balaban J connectivity index is 2.10. The zero-order valence-corrected chi connectivity index (χ0v) is 11.7. The Bertz CT molecular complexity index is 411. The molecule has 4 heteroatoms. The SMILES string of the molecule is CCC(C)C1CN(c2ccc(F)c(Cl)c2)CCN1. The first kappa shape index (κ1) is 13.6. The van der Waals surface area contributed by atoms with Crippen LogP contribution in [0.15, 0.2) is 18.2 Å². The highest BCUT2D eigenvalue weighted by Gasteiger charge is 2.23. The van der Waals surface area contributed by atoms with E-state index in [-0.39, 0.29) is 10.8 Å². The van der Waals surface area contributed by atoms with Gasteiger partial charge in [0.15, 0.2) is 0 Å². The fourth-order valence-corrected chi connectivity index (χ4v) is 2.53. The first-order chi connectivity index (χ1) is 8.61. The molecule has 18 heavy (non-hydrogen) atoms. The van der Waals surface area contributed by atoms with Gasteiger partial charge in [-0.3, -0.25) is 0 Å². The summed E-state index contributed by atoms with van der Waals surface area (Å²) in [6.07, 6.45) is 1.16. The monoisotopic (exact) mass is 270 g/mol. The number of benzene rings is 1. The third-order valence-electron chi connectivity index (χ3n) is 3.80. The summed E-state index contributed by atoms with van der Waals surface area (Å²) in [5, 5.41) is 3.75. The zero-order valence-electron chi connectivity index (χ0n) is 10.9. The molecule has 100 valence electrons. The zero-order chi connectivity index (χ0) is 13.1. The van der Waals surface area contributed by atoms with Crippen LogP contribution in [0.4, 0.5) is 10.1 Å². The quantitative estimate of drug-likeness (QED) is 0.907. The number of halogens is 2. The topological polar surface area (TPSA) is 15.3 Å². The second kappa shape index (κ2) is 5.89. The highest BCUT2D eigenvalue weighted by molar-refractivity contribution is 6.31. The molecule has 1 aliphatic heterocycles. The van der Waals surface area contributed by atoms with Crippen molar-refractivity contribution in [2.75, 3.05) is 24.5 Å². The Kier molecular flexibility index (Phi) is 4.46. The van der Waals surface area contributed by atoms with Crippen LogP contribution >= 0.6 is 11.6 Å². The highest BCUT2D eigenvalue weighted by atomic mass is 35.5. The Morgan fingerprint density at radius 2 is 2.33 bits per heavy atom. The van der Waals surface area contributed by atoms with Crippen LogP contribution in [-0.2, 0) is 0 Å². The molecule has 1 N–H and O–H groups in total. The lowest BCUT2D eigenvalue weighted by atomic mass is 9.97. The van der Waals surface area contributed by atoms with Gasteiger partial charge < -0.3 is 10.2 Å². The average Bonchev–Trinajstić information content (AvgIpc) is 2.41. The van der Waals surface area contributed by atoms with Crippen molar-refractivity contribution in [3.8, 4) is 0 Å². The molecule has 2 atom stereocenters. The largest absolute Gasteiger partial charge is 0.369 e. The maximum absolute atomic E-state index is 13.2. The van der Waals surface area contributed by atoms with Crippen LogP contribution in [0.1, 0.15) is 20.3 Å². The van der Waals surface area contributed by atoms with Gasteiger partial charge >= 0.3 is 0 Å². The predicted molar refractivity (Wildman–Crippen MR) is 74.9 cm³/mol. The number of piperazine rings is 1. The van der Waals surface area contributed by atoms with Crippen LogP contribution in [0.5, 0.6) is 0 Å². The van der Waals surface area contributed by atoms with E-state index in [1.165, 1.54) is 6.07 Å². The Morgan fingerprint density at radius 1 is 1.56 bits per heavy atom. The summed E-state index contributed by atoms with van der Waals surface area (Å²) in [7, 11) is 0. The van der Waals surface area contributed by atoms with Crippen molar-refractivity contribution in [1.29, 1.82) is 0 Å². The number of hydrogen-bond donors (Lipinski definition) is 1. The van der Waals surface area contributed by atoms with Crippen molar-refractivity contribution in [2.24, 2.45) is 5.92 Å². The van der Waals surface area contributed by atoms with Gasteiger partial charge in [-0.25, -0.2) is 4.39 Å². The molecule has 1 aromatic rings. The van der Waals surface area contributed by atoms with E-state index in [0.29, 0.717) is 12.0 Å². The number of rotatable bonds is 3. The van der Waals surface area contributed by atoms with Gasteiger partial charge in [0.2, 0.25) is 0 Å². The van der Waals surface area contributed by atoms with E-state index in [1.807, 2.05) is 0 Å². The molecule has 0 saturated carbocycles. The molecular weight excluding hydrogens is 251 g/mol. The van der Waals surface area contributed by atoms with Crippen LogP contribution in [0.2, 0.25) is 5.02 Å². The van der Waals surface area contributed by atoms with Crippen LogP contribution in [0, 0.1) is 11.7 Å². The van der Waals surface area contributed by atoms with E-state index < -0.39 is 0 Å². The number of nitrogens with zero attached hydrogens (tertiary/aromatic N) is 1. The molecule has 0 amide bonds. The number of hydrogen-bond acceptors (Lipinski definition) is 2. The van der Waals surface area contributed by atoms with Crippen molar-refractivity contribution in [3.05, 3.63) is 29.0 Å². The van der Waals surface area contributed by atoms with E-state index in [4.69, 9.17) is 11.6 Å². The predicted octanol–water partition coefficient (Wildman–Crippen LogP) is 3.30.